The molecule has 9 heteroatoms. The highest BCUT2D eigenvalue weighted by atomic mass is 32.2. The number of fused-ring (bicyclic) bond motifs is 1. The van der Waals surface area contributed by atoms with Gasteiger partial charge in [-0.3, -0.25) is 4.79 Å². The second-order valence-corrected chi connectivity index (χ2v) is 6.81. The maximum atomic E-state index is 12.6. The minimum absolute atomic E-state index is 0.0608. The fourth-order valence-electron chi connectivity index (χ4n) is 1.75. The number of hydrogen-bond donors (Lipinski definition) is 1. The Labute approximate surface area is 125 Å². The summed E-state index contributed by atoms with van der Waals surface area (Å²) in [5, 5.41) is 2.76. The van der Waals surface area contributed by atoms with Crippen LogP contribution in [0.2, 0.25) is 0 Å². The lowest BCUT2D eigenvalue weighted by molar-refractivity contribution is -0.123. The first kappa shape index (κ1) is 15.4. The Hall–Kier alpha value is -1.97. The van der Waals surface area contributed by atoms with Crippen LogP contribution in [0, 0.1) is 0 Å². The molecule has 1 aromatic carbocycles. The molecule has 0 bridgehead atoms. The topological polar surface area (TPSA) is 107 Å². The molecule has 0 saturated carbocycles. The van der Waals surface area contributed by atoms with Crippen LogP contribution in [0.25, 0.3) is 10.8 Å². The highest BCUT2D eigenvalue weighted by Crippen LogP contribution is 2.32. The Balaban J connectivity index is 2.63. The van der Waals surface area contributed by atoms with Crippen LogP contribution < -0.4 is 5.73 Å². The van der Waals surface area contributed by atoms with Crippen LogP contribution in [0.3, 0.4) is 0 Å². The van der Waals surface area contributed by atoms with Gasteiger partial charge in [0.25, 0.3) is 15.9 Å². The van der Waals surface area contributed by atoms with E-state index in [0.717, 1.165) is 18.4 Å². The molecule has 0 saturated heterocycles. The van der Waals surface area contributed by atoms with Crippen LogP contribution in [-0.2, 0) is 19.6 Å². The summed E-state index contributed by atoms with van der Waals surface area (Å²) in [6, 6.07) is 6.76. The standard InChI is InChI=1S/C12H12N2O5S2/c1-19-12(16)14(10(15)6-13)21(17,18)11-9-5-3-2-4-8(9)7-20-11/h2-5,7H,6,13H2,1H3. The van der Waals surface area contributed by atoms with Crippen molar-refractivity contribution in [1.29, 1.82) is 0 Å². The predicted octanol–water partition coefficient (Wildman–Crippen LogP) is 1.14. The zero-order valence-electron chi connectivity index (χ0n) is 11.0. The Kier molecular flexibility index (Phi) is 4.26. The fourth-order valence-corrected chi connectivity index (χ4v) is 4.60. The zero-order valence-corrected chi connectivity index (χ0v) is 12.6. The van der Waals surface area contributed by atoms with Crippen molar-refractivity contribution in [2.45, 2.75) is 4.21 Å². The van der Waals surface area contributed by atoms with E-state index < -0.39 is 28.6 Å². The van der Waals surface area contributed by atoms with Crippen molar-refractivity contribution in [1.82, 2.24) is 4.31 Å². The molecule has 2 rings (SSSR count). The van der Waals surface area contributed by atoms with E-state index in [1.165, 1.54) is 0 Å². The minimum atomic E-state index is -4.36. The van der Waals surface area contributed by atoms with Crippen molar-refractivity contribution < 1.29 is 22.7 Å². The first-order valence-electron chi connectivity index (χ1n) is 5.76. The molecule has 0 spiro atoms. The molecule has 112 valence electrons. The van der Waals surface area contributed by atoms with Crippen LogP contribution >= 0.6 is 11.3 Å². The zero-order chi connectivity index (χ0) is 15.6. The van der Waals surface area contributed by atoms with Crippen molar-refractivity contribution in [2.24, 2.45) is 5.73 Å². The number of rotatable bonds is 3. The van der Waals surface area contributed by atoms with Crippen LogP contribution in [0.15, 0.2) is 33.9 Å². The van der Waals surface area contributed by atoms with Crippen LogP contribution in [0.5, 0.6) is 0 Å². The molecule has 1 aromatic heterocycles. The molecule has 1 heterocycles. The van der Waals surface area contributed by atoms with Crippen LogP contribution in [0.1, 0.15) is 0 Å². The summed E-state index contributed by atoms with van der Waals surface area (Å²) in [6.45, 7) is -0.627. The van der Waals surface area contributed by atoms with Crippen molar-refractivity contribution >= 4 is 44.1 Å². The first-order valence-corrected chi connectivity index (χ1v) is 8.08. The fraction of sp³-hybridized carbons (Fsp3) is 0.167. The van der Waals surface area contributed by atoms with Gasteiger partial charge in [0, 0.05) is 10.8 Å². The molecule has 0 aliphatic rings. The van der Waals surface area contributed by atoms with Gasteiger partial charge in [-0.15, -0.1) is 15.6 Å². The maximum Gasteiger partial charge on any atom is 0.430 e. The number of thiophene rings is 1. The van der Waals surface area contributed by atoms with Crippen LogP contribution in [0.4, 0.5) is 4.79 Å². The number of nitrogens with zero attached hydrogens (tertiary/aromatic N) is 1. The first-order chi connectivity index (χ1) is 9.93. The van der Waals surface area contributed by atoms with Gasteiger partial charge < -0.3 is 10.5 Å². The lowest BCUT2D eigenvalue weighted by Gasteiger charge is -2.17. The molecule has 2 amide bonds. The highest BCUT2D eigenvalue weighted by Gasteiger charge is 2.37. The molecule has 2 N–H and O–H groups in total. The number of amides is 2. The molecular weight excluding hydrogens is 316 g/mol. The summed E-state index contributed by atoms with van der Waals surface area (Å²) in [5.41, 5.74) is 5.17. The smallest absolute Gasteiger partial charge is 0.430 e. The van der Waals surface area contributed by atoms with Gasteiger partial charge in [0.15, 0.2) is 0 Å². The summed E-state index contributed by atoms with van der Waals surface area (Å²) >= 11 is 0.923. The summed E-state index contributed by atoms with van der Waals surface area (Å²) in [5.74, 6) is -1.06. The molecule has 0 atom stereocenters. The highest BCUT2D eigenvalue weighted by molar-refractivity contribution is 7.92. The monoisotopic (exact) mass is 328 g/mol. The lowest BCUT2D eigenvalue weighted by atomic mass is 10.2. The quantitative estimate of drug-likeness (QED) is 0.905. The van der Waals surface area contributed by atoms with E-state index in [2.05, 4.69) is 4.74 Å². The SMILES string of the molecule is COC(=O)N(C(=O)CN)S(=O)(=O)c1scc2ccccc12. The number of methoxy groups -OCH3 is 1. The minimum Gasteiger partial charge on any atom is -0.452 e. The van der Waals surface area contributed by atoms with Gasteiger partial charge in [-0.1, -0.05) is 24.3 Å². The van der Waals surface area contributed by atoms with Gasteiger partial charge in [-0.05, 0) is 5.39 Å². The van der Waals surface area contributed by atoms with E-state index in [9.17, 15) is 18.0 Å². The molecule has 2 aromatic rings. The van der Waals surface area contributed by atoms with Gasteiger partial charge >= 0.3 is 6.09 Å². The number of sulfonamides is 1. The van der Waals surface area contributed by atoms with E-state index in [4.69, 9.17) is 5.73 Å². The Morgan fingerprint density at radius 1 is 1.33 bits per heavy atom. The van der Waals surface area contributed by atoms with Gasteiger partial charge in [-0.2, -0.15) is 8.42 Å². The van der Waals surface area contributed by atoms with Crippen molar-refractivity contribution in [3.8, 4) is 0 Å². The number of carbonyl (C=O) groups is 2. The van der Waals surface area contributed by atoms with Crippen LogP contribution in [-0.4, -0.2) is 38.4 Å². The summed E-state index contributed by atoms with van der Waals surface area (Å²) < 4.78 is 29.5. The molecule has 0 aliphatic carbocycles. The number of benzene rings is 1. The molecule has 0 radical (unpaired) electrons. The lowest BCUT2D eigenvalue weighted by Crippen LogP contribution is -2.44. The maximum absolute atomic E-state index is 12.6. The van der Waals surface area contributed by atoms with E-state index >= 15 is 0 Å². The normalized spacial score (nSPS) is 11.3. The van der Waals surface area contributed by atoms with Crippen molar-refractivity contribution in [3.05, 3.63) is 29.6 Å². The van der Waals surface area contributed by atoms with Gasteiger partial charge in [-0.25, -0.2) is 4.79 Å². The molecule has 0 aliphatic heterocycles. The Morgan fingerprint density at radius 2 is 2.00 bits per heavy atom. The van der Waals surface area contributed by atoms with Gasteiger partial charge in [0.05, 0.1) is 13.7 Å². The second-order valence-electron chi connectivity index (χ2n) is 3.95. The Morgan fingerprint density at radius 3 is 2.62 bits per heavy atom. The predicted molar refractivity (Wildman–Crippen MR) is 77.3 cm³/mol. The average Bonchev–Trinajstić information content (AvgIpc) is 2.91. The summed E-state index contributed by atoms with van der Waals surface area (Å²) in [4.78, 5) is 23.4. The number of hydrogen-bond acceptors (Lipinski definition) is 7. The molecule has 21 heavy (non-hydrogen) atoms. The molecule has 0 fully saturated rings. The number of ether oxygens (including phenoxy) is 1. The average molecular weight is 328 g/mol. The summed E-state index contributed by atoms with van der Waals surface area (Å²) in [6.07, 6.45) is -1.29. The van der Waals surface area contributed by atoms with Crippen molar-refractivity contribution in [3.63, 3.8) is 0 Å². The molecule has 7 nitrogen and oxygen atoms in total. The number of nitrogens with two attached hydrogens (primary N) is 1. The van der Waals surface area contributed by atoms with Crippen molar-refractivity contribution in [2.75, 3.05) is 13.7 Å². The number of imide groups is 1. The van der Waals surface area contributed by atoms with Gasteiger partial charge in [0.2, 0.25) is 0 Å². The third-order valence-corrected chi connectivity index (χ3v) is 5.94. The molecule has 0 unspecified atom stereocenters. The van der Waals surface area contributed by atoms with E-state index in [1.54, 1.807) is 29.6 Å². The van der Waals surface area contributed by atoms with Gasteiger partial charge in [0.1, 0.15) is 4.21 Å². The largest absolute Gasteiger partial charge is 0.452 e. The third kappa shape index (κ3) is 2.62. The molecular formula is C12H12N2O5S2. The number of carbonyl (C=O) groups excluding carboxylic acids is 2. The summed E-state index contributed by atoms with van der Waals surface area (Å²) in [7, 11) is -3.37. The third-order valence-electron chi connectivity index (χ3n) is 2.69. The Bertz CT molecular complexity index is 781. The van der Waals surface area contributed by atoms with E-state index in [-0.39, 0.29) is 8.51 Å². The van der Waals surface area contributed by atoms with E-state index in [0.29, 0.717) is 10.8 Å². The van der Waals surface area contributed by atoms with E-state index in [1.807, 2.05) is 0 Å². The second kappa shape index (κ2) is 5.80.